The molecule has 0 spiro atoms. The lowest BCUT2D eigenvalue weighted by atomic mass is 10.1. The second-order valence-electron chi connectivity index (χ2n) is 7.26. The van der Waals surface area contributed by atoms with Crippen molar-refractivity contribution in [3.63, 3.8) is 0 Å². The molecule has 1 unspecified atom stereocenters. The number of halogens is 3. The summed E-state index contributed by atoms with van der Waals surface area (Å²) in [6.07, 6.45) is -2.59. The summed E-state index contributed by atoms with van der Waals surface area (Å²) < 4.78 is 46.4. The predicted molar refractivity (Wildman–Crippen MR) is 103 cm³/mol. The normalized spacial score (nSPS) is 18.7. The second kappa shape index (κ2) is 9.23. The molecule has 0 radical (unpaired) electrons. The van der Waals surface area contributed by atoms with E-state index in [9.17, 15) is 22.8 Å². The van der Waals surface area contributed by atoms with Crippen LogP contribution in [0.1, 0.15) is 36.6 Å². The first-order valence-corrected chi connectivity index (χ1v) is 9.53. The molecule has 1 amide bonds. The third kappa shape index (κ3) is 6.59. The van der Waals surface area contributed by atoms with Crippen LogP contribution in [0, 0.1) is 5.92 Å². The molecule has 1 fully saturated rings. The van der Waals surface area contributed by atoms with Crippen molar-refractivity contribution in [3.05, 3.63) is 53.9 Å². The first-order valence-electron chi connectivity index (χ1n) is 9.53. The number of aromatic nitrogens is 1. The van der Waals surface area contributed by atoms with E-state index in [2.05, 4.69) is 15.0 Å². The number of ether oxygens (including phenoxy) is 2. The molecule has 1 heterocycles. The number of alkyl halides is 3. The number of nitrogens with one attached hydrogen (secondary N) is 1. The topological polar surface area (TPSA) is 97.8 Å². The van der Waals surface area contributed by atoms with E-state index in [0.717, 1.165) is 5.56 Å². The van der Waals surface area contributed by atoms with E-state index in [0.29, 0.717) is 17.9 Å². The Hall–Kier alpha value is -3.30. The Morgan fingerprint density at radius 1 is 1.23 bits per heavy atom. The number of pyridine rings is 1. The minimum atomic E-state index is -4.43. The molecule has 1 aromatic heterocycles. The zero-order chi connectivity index (χ0) is 22.6. The van der Waals surface area contributed by atoms with Crippen molar-refractivity contribution >= 4 is 11.9 Å². The first-order chi connectivity index (χ1) is 14.6. The van der Waals surface area contributed by atoms with Crippen LogP contribution in [0.5, 0.6) is 11.5 Å². The molecule has 3 rings (SSSR count). The third-order valence-corrected chi connectivity index (χ3v) is 4.74. The molecular weight excluding hydrogens is 417 g/mol. The zero-order valence-corrected chi connectivity index (χ0v) is 16.6. The van der Waals surface area contributed by atoms with Crippen molar-refractivity contribution in [2.24, 2.45) is 5.92 Å². The molecule has 0 bridgehead atoms. The summed E-state index contributed by atoms with van der Waals surface area (Å²) in [7, 11) is 0. The molecule has 0 aliphatic heterocycles. The highest BCUT2D eigenvalue weighted by molar-refractivity contribution is 5.83. The Balaban J connectivity index is 1.52. The van der Waals surface area contributed by atoms with Crippen LogP contribution >= 0.6 is 0 Å². The smallest absolute Gasteiger partial charge is 0.422 e. The van der Waals surface area contributed by atoms with Gasteiger partial charge in [-0.3, -0.25) is 9.78 Å². The van der Waals surface area contributed by atoms with Crippen LogP contribution in [0.2, 0.25) is 0 Å². The fraction of sp³-hybridized carbons (Fsp3) is 0.381. The number of aliphatic carboxylic acids is 1. The van der Waals surface area contributed by atoms with Gasteiger partial charge in [-0.05, 0) is 49.1 Å². The van der Waals surface area contributed by atoms with Crippen molar-refractivity contribution < 1.29 is 37.3 Å². The van der Waals surface area contributed by atoms with E-state index in [-0.39, 0.29) is 23.5 Å². The highest BCUT2D eigenvalue weighted by Gasteiger charge is 2.44. The molecule has 1 aliphatic rings. The van der Waals surface area contributed by atoms with Gasteiger partial charge in [-0.15, -0.1) is 0 Å². The number of carboxylic acid groups (broad SMARTS) is 1. The highest BCUT2D eigenvalue weighted by atomic mass is 19.4. The van der Waals surface area contributed by atoms with Crippen LogP contribution in [0.25, 0.3) is 0 Å². The number of amides is 1. The van der Waals surface area contributed by atoms with Crippen molar-refractivity contribution in [3.8, 4) is 11.5 Å². The number of hydrogen-bond acceptors (Lipinski definition) is 5. The van der Waals surface area contributed by atoms with Gasteiger partial charge in [0.1, 0.15) is 11.5 Å². The van der Waals surface area contributed by atoms with Gasteiger partial charge in [0, 0.05) is 5.92 Å². The maximum atomic E-state index is 12.6. The summed E-state index contributed by atoms with van der Waals surface area (Å²) >= 11 is 0. The highest BCUT2D eigenvalue weighted by Crippen LogP contribution is 2.48. The maximum absolute atomic E-state index is 12.6. The largest absolute Gasteiger partial charge is 0.483 e. The average Bonchev–Trinajstić information content (AvgIpc) is 3.52. The minimum absolute atomic E-state index is 0.00619. The summed E-state index contributed by atoms with van der Waals surface area (Å²) in [5.41, 5.74) is 1.38. The lowest BCUT2D eigenvalue weighted by Crippen LogP contribution is -2.29. The number of hydrogen-bond donors (Lipinski definition) is 2. The van der Waals surface area contributed by atoms with Crippen LogP contribution in [0.4, 0.5) is 13.2 Å². The van der Waals surface area contributed by atoms with Crippen molar-refractivity contribution in [1.29, 1.82) is 0 Å². The Morgan fingerprint density at radius 3 is 2.65 bits per heavy atom. The average molecular weight is 438 g/mol. The number of benzene rings is 1. The van der Waals surface area contributed by atoms with Gasteiger partial charge in [0.2, 0.25) is 5.91 Å². The Labute approximate surface area is 176 Å². The van der Waals surface area contributed by atoms with Gasteiger partial charge in [0.15, 0.2) is 13.2 Å². The standard InChI is InChI=1S/C21H21F3N2O5/c1-12(18-6-5-15(9-25-18)31-11-21(22,23)24)26-20(29)17-8-16(17)13-3-2-4-14(7-13)30-10-19(27)28/h2-7,9,12,16-17H,8,10-11H2,1H3,(H,26,29)(H,27,28)/t12?,16-,17+/m1/s1. The van der Waals surface area contributed by atoms with Gasteiger partial charge in [-0.25, -0.2) is 4.79 Å². The maximum Gasteiger partial charge on any atom is 0.422 e. The number of carboxylic acids is 1. The fourth-order valence-corrected chi connectivity index (χ4v) is 3.13. The Kier molecular flexibility index (Phi) is 6.67. The van der Waals surface area contributed by atoms with Gasteiger partial charge < -0.3 is 19.9 Å². The Morgan fingerprint density at radius 2 is 2.00 bits per heavy atom. The van der Waals surface area contributed by atoms with Crippen LogP contribution in [-0.4, -0.2) is 41.4 Å². The Bertz CT molecular complexity index is 933. The monoisotopic (exact) mass is 438 g/mol. The van der Waals surface area contributed by atoms with Gasteiger partial charge in [-0.1, -0.05) is 12.1 Å². The molecule has 1 aliphatic carbocycles. The third-order valence-electron chi connectivity index (χ3n) is 4.74. The molecule has 1 saturated carbocycles. The van der Waals surface area contributed by atoms with E-state index in [1.165, 1.54) is 18.3 Å². The molecule has 31 heavy (non-hydrogen) atoms. The molecule has 10 heteroatoms. The number of carbonyl (C=O) groups excluding carboxylic acids is 1. The van der Waals surface area contributed by atoms with E-state index in [4.69, 9.17) is 9.84 Å². The summed E-state index contributed by atoms with van der Waals surface area (Å²) in [4.78, 5) is 27.2. The summed E-state index contributed by atoms with van der Waals surface area (Å²) in [6, 6.07) is 9.43. The number of nitrogens with zero attached hydrogens (tertiary/aromatic N) is 1. The molecule has 2 N–H and O–H groups in total. The molecule has 7 nitrogen and oxygen atoms in total. The van der Waals surface area contributed by atoms with Crippen LogP contribution in [0.15, 0.2) is 42.6 Å². The molecule has 166 valence electrons. The van der Waals surface area contributed by atoms with E-state index in [1.54, 1.807) is 25.1 Å². The molecule has 0 saturated heterocycles. The fourth-order valence-electron chi connectivity index (χ4n) is 3.13. The van der Waals surface area contributed by atoms with Gasteiger partial charge in [0.25, 0.3) is 0 Å². The number of carbonyl (C=O) groups is 2. The van der Waals surface area contributed by atoms with Crippen molar-refractivity contribution in [2.75, 3.05) is 13.2 Å². The molecular formula is C21H21F3N2O5. The lowest BCUT2D eigenvalue weighted by Gasteiger charge is -2.14. The molecule has 1 aromatic carbocycles. The van der Waals surface area contributed by atoms with Crippen LogP contribution in [-0.2, 0) is 9.59 Å². The molecule has 3 atom stereocenters. The van der Waals surface area contributed by atoms with Crippen molar-refractivity contribution in [1.82, 2.24) is 10.3 Å². The quantitative estimate of drug-likeness (QED) is 0.622. The predicted octanol–water partition coefficient (Wildman–Crippen LogP) is 3.47. The summed E-state index contributed by atoms with van der Waals surface area (Å²) in [5, 5.41) is 11.6. The minimum Gasteiger partial charge on any atom is -0.483 e. The SMILES string of the molecule is CC(NC(=O)[C@H]1C[C@@H]1c1cccc(OCC(=O)O)c1)c1ccc(OCC(F)(F)F)cn1. The number of rotatable bonds is 9. The van der Waals surface area contributed by atoms with E-state index < -0.39 is 31.4 Å². The van der Waals surface area contributed by atoms with E-state index >= 15 is 0 Å². The van der Waals surface area contributed by atoms with Gasteiger partial charge in [-0.2, -0.15) is 13.2 Å². The van der Waals surface area contributed by atoms with Crippen LogP contribution < -0.4 is 14.8 Å². The summed E-state index contributed by atoms with van der Waals surface area (Å²) in [6.45, 7) is -0.108. The van der Waals surface area contributed by atoms with Crippen molar-refractivity contribution in [2.45, 2.75) is 31.5 Å². The van der Waals surface area contributed by atoms with Gasteiger partial charge in [0.05, 0.1) is 17.9 Å². The lowest BCUT2D eigenvalue weighted by molar-refractivity contribution is -0.153. The van der Waals surface area contributed by atoms with Gasteiger partial charge >= 0.3 is 12.1 Å². The van der Waals surface area contributed by atoms with Crippen LogP contribution in [0.3, 0.4) is 0 Å². The van der Waals surface area contributed by atoms with E-state index in [1.807, 2.05) is 6.07 Å². The molecule has 2 aromatic rings. The second-order valence-corrected chi connectivity index (χ2v) is 7.26. The summed E-state index contributed by atoms with van der Waals surface area (Å²) in [5.74, 6) is -1.04. The first kappa shape index (κ1) is 22.4. The zero-order valence-electron chi connectivity index (χ0n) is 16.6.